The lowest BCUT2D eigenvalue weighted by atomic mass is 10.2. The van der Waals surface area contributed by atoms with E-state index in [4.69, 9.17) is 14.2 Å². The van der Waals surface area contributed by atoms with Crippen LogP contribution in [0.25, 0.3) is 17.0 Å². The fourth-order valence-corrected chi connectivity index (χ4v) is 2.28. The maximum Gasteiger partial charge on any atom is 0.407 e. The summed E-state index contributed by atoms with van der Waals surface area (Å²) in [5.41, 5.74) is 1.42. The van der Waals surface area contributed by atoms with Crippen molar-refractivity contribution in [1.29, 1.82) is 0 Å². The number of benzene rings is 1. The Hall–Kier alpha value is -3.36. The van der Waals surface area contributed by atoms with Gasteiger partial charge in [0.05, 0.1) is 20.3 Å². The van der Waals surface area contributed by atoms with E-state index in [0.717, 1.165) is 11.3 Å². The number of amides is 1. The van der Waals surface area contributed by atoms with Crippen LogP contribution in [-0.4, -0.2) is 52.8 Å². The molecule has 2 heterocycles. The number of aromatic nitrogens is 4. The van der Waals surface area contributed by atoms with E-state index >= 15 is 0 Å². The number of fused-ring (bicyclic) bond motifs is 1. The summed E-state index contributed by atoms with van der Waals surface area (Å²) in [6.45, 7) is 2.64. The summed E-state index contributed by atoms with van der Waals surface area (Å²) < 4.78 is 17.2. The van der Waals surface area contributed by atoms with Crippen molar-refractivity contribution in [3.05, 3.63) is 36.4 Å². The van der Waals surface area contributed by atoms with Crippen molar-refractivity contribution in [3.63, 3.8) is 0 Å². The van der Waals surface area contributed by atoms with E-state index in [0.29, 0.717) is 30.5 Å². The van der Waals surface area contributed by atoms with Crippen molar-refractivity contribution >= 4 is 11.7 Å². The maximum absolute atomic E-state index is 11.2. The number of carbonyl (C=O) groups is 1. The van der Waals surface area contributed by atoms with Gasteiger partial charge < -0.3 is 19.5 Å². The zero-order chi connectivity index (χ0) is 18.4. The fourth-order valence-electron chi connectivity index (χ4n) is 2.28. The summed E-state index contributed by atoms with van der Waals surface area (Å²) in [6, 6.07) is 10.9. The molecule has 0 spiro atoms. The standard InChI is InChI=1S/C17H19N5O4/c1-3-25-17(23)18-9-10-26-15-8-7-14-19-20-16(22(14)21-15)12-5-4-6-13(11-12)24-2/h4-8,11H,3,9-10H2,1-2H3,(H,18,23). The minimum atomic E-state index is -0.473. The normalized spacial score (nSPS) is 10.5. The molecule has 9 heteroatoms. The first-order valence-electron chi connectivity index (χ1n) is 8.11. The molecule has 136 valence electrons. The van der Waals surface area contributed by atoms with Crippen molar-refractivity contribution in [2.75, 3.05) is 26.9 Å². The van der Waals surface area contributed by atoms with Crippen LogP contribution in [0.2, 0.25) is 0 Å². The molecular weight excluding hydrogens is 338 g/mol. The SMILES string of the molecule is CCOC(=O)NCCOc1ccc2nnc(-c3cccc(OC)c3)n2n1. The van der Waals surface area contributed by atoms with E-state index in [2.05, 4.69) is 20.6 Å². The van der Waals surface area contributed by atoms with Crippen LogP contribution < -0.4 is 14.8 Å². The number of rotatable bonds is 7. The highest BCUT2D eigenvalue weighted by Crippen LogP contribution is 2.23. The third-order valence-corrected chi connectivity index (χ3v) is 3.46. The van der Waals surface area contributed by atoms with E-state index in [1.807, 2.05) is 24.3 Å². The first-order valence-corrected chi connectivity index (χ1v) is 8.11. The lowest BCUT2D eigenvalue weighted by Gasteiger charge is -2.07. The Bertz CT molecular complexity index is 896. The van der Waals surface area contributed by atoms with E-state index in [1.165, 1.54) is 0 Å². The van der Waals surface area contributed by atoms with E-state index in [-0.39, 0.29) is 6.61 Å². The number of hydrogen-bond acceptors (Lipinski definition) is 7. The van der Waals surface area contributed by atoms with Crippen LogP contribution in [0.1, 0.15) is 6.92 Å². The minimum Gasteiger partial charge on any atom is -0.497 e. The Balaban J connectivity index is 1.72. The van der Waals surface area contributed by atoms with Gasteiger partial charge in [-0.25, -0.2) is 4.79 Å². The molecule has 26 heavy (non-hydrogen) atoms. The van der Waals surface area contributed by atoms with Crippen LogP contribution in [-0.2, 0) is 4.74 Å². The summed E-state index contributed by atoms with van der Waals surface area (Å²) in [6.07, 6.45) is -0.473. The fraction of sp³-hybridized carbons (Fsp3) is 0.294. The highest BCUT2D eigenvalue weighted by molar-refractivity contribution is 5.67. The molecule has 0 radical (unpaired) electrons. The Morgan fingerprint density at radius 3 is 2.92 bits per heavy atom. The molecule has 0 atom stereocenters. The van der Waals surface area contributed by atoms with Gasteiger partial charge in [0.2, 0.25) is 5.88 Å². The molecule has 3 rings (SSSR count). The monoisotopic (exact) mass is 357 g/mol. The number of alkyl carbamates (subject to hydrolysis) is 1. The van der Waals surface area contributed by atoms with Crippen molar-refractivity contribution in [1.82, 2.24) is 25.1 Å². The van der Waals surface area contributed by atoms with Gasteiger partial charge in [-0.1, -0.05) is 12.1 Å². The number of hydrogen-bond donors (Lipinski definition) is 1. The second-order valence-electron chi connectivity index (χ2n) is 5.19. The van der Waals surface area contributed by atoms with E-state index in [1.54, 1.807) is 30.7 Å². The molecule has 0 aliphatic heterocycles. The molecule has 1 amide bonds. The zero-order valence-corrected chi connectivity index (χ0v) is 14.5. The molecule has 1 N–H and O–H groups in total. The summed E-state index contributed by atoms with van der Waals surface area (Å²) in [4.78, 5) is 11.2. The molecule has 0 unspecified atom stereocenters. The highest BCUT2D eigenvalue weighted by Gasteiger charge is 2.11. The van der Waals surface area contributed by atoms with Crippen LogP contribution in [0.3, 0.4) is 0 Å². The molecule has 9 nitrogen and oxygen atoms in total. The van der Waals surface area contributed by atoms with E-state index < -0.39 is 6.09 Å². The third kappa shape index (κ3) is 4.00. The Morgan fingerprint density at radius 2 is 2.12 bits per heavy atom. The first kappa shape index (κ1) is 17.5. The number of nitrogens with zero attached hydrogens (tertiary/aromatic N) is 4. The van der Waals surface area contributed by atoms with Crippen LogP contribution in [0.5, 0.6) is 11.6 Å². The van der Waals surface area contributed by atoms with Gasteiger partial charge in [-0.3, -0.25) is 0 Å². The lowest BCUT2D eigenvalue weighted by molar-refractivity contribution is 0.149. The number of nitrogens with one attached hydrogen (secondary N) is 1. The Morgan fingerprint density at radius 1 is 1.23 bits per heavy atom. The number of ether oxygens (including phenoxy) is 3. The number of carbonyl (C=O) groups excluding carboxylic acids is 1. The molecule has 0 saturated carbocycles. The summed E-state index contributed by atoms with van der Waals surface area (Å²) in [7, 11) is 1.61. The molecule has 0 aliphatic carbocycles. The van der Waals surface area contributed by atoms with Gasteiger partial charge in [0, 0.05) is 11.6 Å². The van der Waals surface area contributed by atoms with Gasteiger partial charge in [0.1, 0.15) is 12.4 Å². The van der Waals surface area contributed by atoms with Gasteiger partial charge in [0.15, 0.2) is 11.5 Å². The largest absolute Gasteiger partial charge is 0.497 e. The summed E-state index contributed by atoms with van der Waals surface area (Å²) >= 11 is 0. The molecule has 0 bridgehead atoms. The van der Waals surface area contributed by atoms with Crippen LogP contribution in [0.15, 0.2) is 36.4 Å². The molecule has 0 fully saturated rings. The molecule has 0 saturated heterocycles. The van der Waals surface area contributed by atoms with E-state index in [9.17, 15) is 4.79 Å². The van der Waals surface area contributed by atoms with Crippen LogP contribution >= 0.6 is 0 Å². The van der Waals surface area contributed by atoms with Crippen molar-refractivity contribution < 1.29 is 19.0 Å². The van der Waals surface area contributed by atoms with Gasteiger partial charge in [-0.05, 0) is 25.1 Å². The zero-order valence-electron chi connectivity index (χ0n) is 14.5. The molecular formula is C17H19N5O4. The van der Waals surface area contributed by atoms with Crippen molar-refractivity contribution in [3.8, 4) is 23.0 Å². The van der Waals surface area contributed by atoms with Gasteiger partial charge in [-0.2, -0.15) is 4.52 Å². The second kappa shape index (κ2) is 8.15. The summed E-state index contributed by atoms with van der Waals surface area (Å²) in [5.74, 6) is 1.69. The topological polar surface area (TPSA) is 99.9 Å². The van der Waals surface area contributed by atoms with Gasteiger partial charge in [0.25, 0.3) is 0 Å². The molecule has 3 aromatic rings. The average molecular weight is 357 g/mol. The molecule has 1 aromatic carbocycles. The quantitative estimate of drug-likeness (QED) is 0.645. The smallest absolute Gasteiger partial charge is 0.407 e. The Kier molecular flexibility index (Phi) is 5.47. The lowest BCUT2D eigenvalue weighted by Crippen LogP contribution is -2.28. The molecule has 0 aliphatic rings. The predicted octanol–water partition coefficient (Wildman–Crippen LogP) is 1.92. The Labute approximate surface area is 149 Å². The van der Waals surface area contributed by atoms with Crippen molar-refractivity contribution in [2.24, 2.45) is 0 Å². The van der Waals surface area contributed by atoms with Gasteiger partial charge in [-0.15, -0.1) is 15.3 Å². The minimum absolute atomic E-state index is 0.258. The first-order chi connectivity index (χ1) is 12.7. The third-order valence-electron chi connectivity index (χ3n) is 3.46. The maximum atomic E-state index is 11.2. The van der Waals surface area contributed by atoms with Crippen LogP contribution in [0, 0.1) is 0 Å². The second-order valence-corrected chi connectivity index (χ2v) is 5.19. The molecule has 2 aromatic heterocycles. The summed E-state index contributed by atoms with van der Waals surface area (Å²) in [5, 5.41) is 15.3. The average Bonchev–Trinajstić information content (AvgIpc) is 3.09. The predicted molar refractivity (Wildman–Crippen MR) is 93.3 cm³/mol. The highest BCUT2D eigenvalue weighted by atomic mass is 16.5. The number of methoxy groups -OCH3 is 1. The van der Waals surface area contributed by atoms with Crippen molar-refractivity contribution in [2.45, 2.75) is 6.92 Å². The van der Waals surface area contributed by atoms with Gasteiger partial charge >= 0.3 is 6.09 Å². The van der Waals surface area contributed by atoms with Crippen LogP contribution in [0.4, 0.5) is 4.79 Å².